The first-order chi connectivity index (χ1) is 11.9. The van der Waals surface area contributed by atoms with Crippen molar-refractivity contribution in [1.29, 1.82) is 0 Å². The molecule has 0 aromatic heterocycles. The summed E-state index contributed by atoms with van der Waals surface area (Å²) in [7, 11) is 0. The maximum absolute atomic E-state index is 12.0. The molecule has 6 nitrogen and oxygen atoms in total. The van der Waals surface area contributed by atoms with Crippen LogP contribution in [0.2, 0.25) is 5.02 Å². The summed E-state index contributed by atoms with van der Waals surface area (Å²) in [6, 6.07) is 5.57. The number of nitrogens with one attached hydrogen (secondary N) is 3. The number of piperazine rings is 1. The number of hydrogen-bond donors (Lipinski definition) is 3. The summed E-state index contributed by atoms with van der Waals surface area (Å²) in [5.41, 5.74) is 2.36. The Hall–Kier alpha value is -1.79. The minimum absolute atomic E-state index is 0.0598. The van der Waals surface area contributed by atoms with Crippen molar-refractivity contribution in [2.24, 2.45) is 0 Å². The highest BCUT2D eigenvalue weighted by molar-refractivity contribution is 6.30. The zero-order valence-corrected chi connectivity index (χ0v) is 15.9. The van der Waals surface area contributed by atoms with Crippen LogP contribution < -0.4 is 20.4 Å². The highest BCUT2D eigenvalue weighted by atomic mass is 35.5. The van der Waals surface area contributed by atoms with Crippen LogP contribution in [-0.2, 0) is 4.79 Å². The van der Waals surface area contributed by atoms with Gasteiger partial charge in [0.2, 0.25) is 0 Å². The summed E-state index contributed by atoms with van der Waals surface area (Å²) >= 11 is 6.11. The highest BCUT2D eigenvalue weighted by Crippen LogP contribution is 2.24. The van der Waals surface area contributed by atoms with Crippen molar-refractivity contribution in [1.82, 2.24) is 10.6 Å². The Morgan fingerprint density at radius 2 is 2.00 bits per heavy atom. The molecular formula is C18H28ClN4O2+. The molecule has 25 heavy (non-hydrogen) atoms. The minimum Gasteiger partial charge on any atom is -0.360 e. The predicted molar refractivity (Wildman–Crippen MR) is 100 cm³/mol. The average Bonchev–Trinajstić information content (AvgIpc) is 2.57. The van der Waals surface area contributed by atoms with Gasteiger partial charge < -0.3 is 15.1 Å². The maximum atomic E-state index is 12.0. The number of urea groups is 1. The molecule has 0 aliphatic carbocycles. The van der Waals surface area contributed by atoms with E-state index in [2.05, 4.69) is 22.5 Å². The van der Waals surface area contributed by atoms with Crippen LogP contribution in [0.3, 0.4) is 0 Å². The topological polar surface area (TPSA) is 65.9 Å². The summed E-state index contributed by atoms with van der Waals surface area (Å²) in [5.74, 6) is -0.233. The lowest BCUT2D eigenvalue weighted by Crippen LogP contribution is -3.16. The van der Waals surface area contributed by atoms with Crippen LogP contribution in [0.4, 0.5) is 10.5 Å². The third-order valence-electron chi connectivity index (χ3n) is 4.64. The van der Waals surface area contributed by atoms with Gasteiger partial charge in [0, 0.05) is 16.8 Å². The largest absolute Gasteiger partial charge is 0.360 e. The lowest BCUT2D eigenvalue weighted by Gasteiger charge is -2.34. The number of nitrogens with zero attached hydrogens (tertiary/aromatic N) is 1. The third kappa shape index (κ3) is 5.90. The number of aryl methyl sites for hydroxylation is 1. The second-order valence-corrected chi connectivity index (χ2v) is 7.11. The SMILES string of the molecule is CC[C@@H](C)NC(=O)NC(=O)C[NH+]1CCN(c2cc(Cl)ccc2C)CC1. The molecule has 1 aliphatic rings. The number of carbonyl (C=O) groups is 2. The van der Waals surface area contributed by atoms with Crippen LogP contribution in [0.25, 0.3) is 0 Å². The zero-order chi connectivity index (χ0) is 18.4. The lowest BCUT2D eigenvalue weighted by molar-refractivity contribution is -0.892. The van der Waals surface area contributed by atoms with E-state index < -0.39 is 6.03 Å². The Morgan fingerprint density at radius 1 is 1.32 bits per heavy atom. The predicted octanol–water partition coefficient (Wildman–Crippen LogP) is 0.978. The molecular weight excluding hydrogens is 340 g/mol. The van der Waals surface area contributed by atoms with E-state index in [1.807, 2.05) is 32.0 Å². The van der Waals surface area contributed by atoms with Gasteiger partial charge in [0.25, 0.3) is 5.91 Å². The molecule has 1 aliphatic heterocycles. The molecule has 1 aromatic carbocycles. The molecule has 7 heteroatoms. The smallest absolute Gasteiger partial charge is 0.321 e. The van der Waals surface area contributed by atoms with Gasteiger partial charge in [0.15, 0.2) is 6.54 Å². The summed E-state index contributed by atoms with van der Waals surface area (Å²) in [5, 5.41) is 5.89. The van der Waals surface area contributed by atoms with Gasteiger partial charge in [0.1, 0.15) is 0 Å². The number of carbonyl (C=O) groups excluding carboxylic acids is 2. The van der Waals surface area contributed by atoms with Gasteiger partial charge in [-0.15, -0.1) is 0 Å². The van der Waals surface area contributed by atoms with Gasteiger partial charge >= 0.3 is 6.03 Å². The van der Waals surface area contributed by atoms with Crippen molar-refractivity contribution in [3.63, 3.8) is 0 Å². The number of quaternary nitrogens is 1. The Balaban J connectivity index is 1.79. The van der Waals surface area contributed by atoms with E-state index in [0.29, 0.717) is 6.54 Å². The molecule has 0 bridgehead atoms. The molecule has 3 N–H and O–H groups in total. The monoisotopic (exact) mass is 367 g/mol. The van der Waals surface area contributed by atoms with E-state index >= 15 is 0 Å². The molecule has 0 spiro atoms. The van der Waals surface area contributed by atoms with Crippen molar-refractivity contribution >= 4 is 29.2 Å². The molecule has 138 valence electrons. The summed E-state index contributed by atoms with van der Waals surface area (Å²) in [6.45, 7) is 9.72. The van der Waals surface area contributed by atoms with Crippen molar-refractivity contribution in [3.8, 4) is 0 Å². The lowest BCUT2D eigenvalue weighted by atomic mass is 10.1. The molecule has 1 fully saturated rings. The Morgan fingerprint density at radius 3 is 2.64 bits per heavy atom. The van der Waals surface area contributed by atoms with E-state index in [-0.39, 0.29) is 11.9 Å². The van der Waals surface area contributed by atoms with Gasteiger partial charge in [-0.3, -0.25) is 10.1 Å². The normalized spacial score (nSPS) is 16.4. The number of imide groups is 1. The number of hydrogen-bond acceptors (Lipinski definition) is 3. The van der Waals surface area contributed by atoms with E-state index in [0.717, 1.165) is 43.3 Å². The maximum Gasteiger partial charge on any atom is 0.321 e. The molecule has 1 saturated heterocycles. The fourth-order valence-electron chi connectivity index (χ4n) is 2.92. The standard InChI is InChI=1S/C18H27ClN4O2/c1-4-14(3)20-18(25)21-17(24)12-22-7-9-23(10-8-22)16-11-15(19)6-5-13(16)2/h5-6,11,14H,4,7-10,12H2,1-3H3,(H2,20,21,24,25)/p+1/t14-/m1/s1. The van der Waals surface area contributed by atoms with Crippen molar-refractivity contribution in [2.75, 3.05) is 37.6 Å². The average molecular weight is 368 g/mol. The summed E-state index contributed by atoms with van der Waals surface area (Å²) < 4.78 is 0. The first-order valence-electron chi connectivity index (χ1n) is 8.84. The van der Waals surface area contributed by atoms with Gasteiger partial charge in [-0.25, -0.2) is 4.79 Å². The minimum atomic E-state index is -0.410. The third-order valence-corrected chi connectivity index (χ3v) is 4.87. The van der Waals surface area contributed by atoms with Crippen LogP contribution in [0.5, 0.6) is 0 Å². The molecule has 0 radical (unpaired) electrons. The van der Waals surface area contributed by atoms with Crippen molar-refractivity contribution < 1.29 is 14.5 Å². The van der Waals surface area contributed by atoms with Gasteiger partial charge in [-0.1, -0.05) is 24.6 Å². The number of anilines is 1. The van der Waals surface area contributed by atoms with Crippen LogP contribution in [0.15, 0.2) is 18.2 Å². The molecule has 1 atom stereocenters. The van der Waals surface area contributed by atoms with E-state index in [9.17, 15) is 9.59 Å². The van der Waals surface area contributed by atoms with Gasteiger partial charge in [-0.2, -0.15) is 0 Å². The van der Waals surface area contributed by atoms with Crippen LogP contribution in [-0.4, -0.2) is 50.7 Å². The molecule has 1 heterocycles. The van der Waals surface area contributed by atoms with Crippen molar-refractivity contribution in [3.05, 3.63) is 28.8 Å². The van der Waals surface area contributed by atoms with Crippen LogP contribution in [0.1, 0.15) is 25.8 Å². The summed E-state index contributed by atoms with van der Waals surface area (Å²) in [6.07, 6.45) is 0.831. The first kappa shape index (κ1) is 19.5. The zero-order valence-electron chi connectivity index (χ0n) is 15.2. The Kier molecular flexibility index (Phi) is 7.08. The van der Waals surface area contributed by atoms with Crippen LogP contribution in [0, 0.1) is 6.92 Å². The molecule has 0 saturated carbocycles. The molecule has 2 rings (SSSR count). The second kappa shape index (κ2) is 9.06. The Bertz CT molecular complexity index is 615. The van der Waals surface area contributed by atoms with E-state index in [1.165, 1.54) is 10.5 Å². The number of amides is 3. The number of benzene rings is 1. The Labute approximate surface area is 154 Å². The van der Waals surface area contributed by atoms with E-state index in [4.69, 9.17) is 11.6 Å². The fraction of sp³-hybridized carbons (Fsp3) is 0.556. The first-order valence-corrected chi connectivity index (χ1v) is 9.21. The fourth-order valence-corrected chi connectivity index (χ4v) is 3.09. The molecule has 0 unspecified atom stereocenters. The number of rotatable bonds is 5. The summed E-state index contributed by atoms with van der Waals surface area (Å²) in [4.78, 5) is 27.2. The number of halogens is 1. The molecule has 1 aromatic rings. The van der Waals surface area contributed by atoms with Crippen molar-refractivity contribution in [2.45, 2.75) is 33.2 Å². The molecule has 3 amide bonds. The quantitative estimate of drug-likeness (QED) is 0.726. The highest BCUT2D eigenvalue weighted by Gasteiger charge is 2.24. The van der Waals surface area contributed by atoms with Gasteiger partial charge in [0.05, 0.1) is 26.2 Å². The van der Waals surface area contributed by atoms with Crippen LogP contribution >= 0.6 is 11.6 Å². The second-order valence-electron chi connectivity index (χ2n) is 6.68. The van der Waals surface area contributed by atoms with Gasteiger partial charge in [-0.05, 0) is 38.0 Å². The van der Waals surface area contributed by atoms with E-state index in [1.54, 1.807) is 0 Å².